The Morgan fingerprint density at radius 2 is 1.88 bits per heavy atom. The monoisotopic (exact) mass is 240 g/mol. The van der Waals surface area contributed by atoms with E-state index in [9.17, 15) is 14.4 Å². The molecule has 1 heterocycles. The number of imide groups is 2. The lowest BCUT2D eigenvalue weighted by Crippen LogP contribution is -2.66. The first-order chi connectivity index (χ1) is 7.87. The smallest absolute Gasteiger partial charge is 0.331 e. The van der Waals surface area contributed by atoms with E-state index in [1.54, 1.807) is 7.11 Å². The first-order valence-corrected chi connectivity index (χ1v) is 5.59. The van der Waals surface area contributed by atoms with Gasteiger partial charge in [-0.05, 0) is 26.7 Å². The molecule has 1 aliphatic heterocycles. The molecule has 2 aliphatic rings. The number of hydrogen-bond acceptors (Lipinski definition) is 4. The van der Waals surface area contributed by atoms with E-state index < -0.39 is 23.3 Å². The van der Waals surface area contributed by atoms with Crippen molar-refractivity contribution < 1.29 is 19.1 Å². The van der Waals surface area contributed by atoms with Crippen LogP contribution in [0.2, 0.25) is 0 Å². The summed E-state index contributed by atoms with van der Waals surface area (Å²) in [6.45, 7) is 3.05. The maximum absolute atomic E-state index is 12.1. The number of methoxy groups -OCH3 is 1. The van der Waals surface area contributed by atoms with Gasteiger partial charge in [-0.2, -0.15) is 0 Å². The van der Waals surface area contributed by atoms with Crippen molar-refractivity contribution >= 4 is 17.8 Å². The van der Waals surface area contributed by atoms with Crippen molar-refractivity contribution in [2.45, 2.75) is 38.8 Å². The quantitative estimate of drug-likeness (QED) is 0.703. The van der Waals surface area contributed by atoms with Crippen molar-refractivity contribution in [3.63, 3.8) is 0 Å². The second kappa shape index (κ2) is 3.80. The molecule has 0 aromatic carbocycles. The summed E-state index contributed by atoms with van der Waals surface area (Å²) in [5.41, 5.74) is -1.17. The lowest BCUT2D eigenvalue weighted by Gasteiger charge is -2.45. The van der Waals surface area contributed by atoms with Crippen LogP contribution in [0.4, 0.5) is 4.79 Å². The van der Waals surface area contributed by atoms with E-state index >= 15 is 0 Å². The summed E-state index contributed by atoms with van der Waals surface area (Å²) in [6, 6.07) is -0.765. The van der Waals surface area contributed by atoms with Crippen LogP contribution >= 0.6 is 0 Å². The van der Waals surface area contributed by atoms with E-state index in [0.29, 0.717) is 12.8 Å². The van der Waals surface area contributed by atoms with Gasteiger partial charge in [-0.1, -0.05) is 0 Å². The molecule has 0 atom stereocenters. The zero-order chi connectivity index (χ0) is 12.8. The summed E-state index contributed by atoms with van der Waals surface area (Å²) in [4.78, 5) is 36.5. The number of carbonyl (C=O) groups excluding carboxylic acids is 3. The minimum atomic E-state index is -1.17. The van der Waals surface area contributed by atoms with E-state index in [0.717, 1.165) is 4.90 Å². The molecule has 0 aromatic rings. The van der Waals surface area contributed by atoms with E-state index in [-0.39, 0.29) is 12.1 Å². The highest BCUT2D eigenvalue weighted by molar-refractivity contribution is 6.18. The number of nitrogens with one attached hydrogen (secondary N) is 1. The van der Waals surface area contributed by atoms with Crippen molar-refractivity contribution in [2.24, 2.45) is 5.41 Å². The molecule has 6 nitrogen and oxygen atoms in total. The normalized spacial score (nSPS) is 32.2. The molecule has 0 bridgehead atoms. The van der Waals surface area contributed by atoms with Crippen molar-refractivity contribution in [2.75, 3.05) is 7.11 Å². The number of urea groups is 1. The fourth-order valence-corrected chi connectivity index (χ4v) is 2.08. The zero-order valence-corrected chi connectivity index (χ0v) is 10.1. The van der Waals surface area contributed by atoms with E-state index in [1.165, 1.54) is 13.8 Å². The maximum atomic E-state index is 12.1. The summed E-state index contributed by atoms with van der Waals surface area (Å²) >= 11 is 0. The summed E-state index contributed by atoms with van der Waals surface area (Å²) < 4.78 is 5.11. The van der Waals surface area contributed by atoms with Gasteiger partial charge in [0.25, 0.3) is 0 Å². The van der Waals surface area contributed by atoms with E-state index in [4.69, 9.17) is 4.74 Å². The van der Waals surface area contributed by atoms with Crippen LogP contribution in [-0.4, -0.2) is 42.0 Å². The van der Waals surface area contributed by atoms with Gasteiger partial charge in [0.05, 0.1) is 6.10 Å². The lowest BCUT2D eigenvalue weighted by atomic mass is 9.83. The Labute approximate surface area is 99.3 Å². The lowest BCUT2D eigenvalue weighted by molar-refractivity contribution is -0.153. The maximum Gasteiger partial charge on any atom is 0.331 e. The highest BCUT2D eigenvalue weighted by Gasteiger charge is 2.51. The molecule has 6 heteroatoms. The van der Waals surface area contributed by atoms with Gasteiger partial charge in [-0.25, -0.2) is 4.79 Å². The molecular weight excluding hydrogens is 224 g/mol. The number of nitrogens with zero attached hydrogens (tertiary/aromatic N) is 1. The molecule has 2 rings (SSSR count). The van der Waals surface area contributed by atoms with Crippen LogP contribution in [0.1, 0.15) is 26.7 Å². The Bertz CT molecular complexity index is 385. The molecule has 4 amide bonds. The number of ether oxygens (including phenoxy) is 1. The number of barbiturate groups is 1. The minimum absolute atomic E-state index is 0.0985. The molecule has 1 saturated heterocycles. The second-order valence-corrected chi connectivity index (χ2v) is 5.04. The number of carbonyl (C=O) groups is 3. The summed E-state index contributed by atoms with van der Waals surface area (Å²) in [5, 5.41) is 2.22. The average Bonchev–Trinajstić information content (AvgIpc) is 2.19. The van der Waals surface area contributed by atoms with Crippen molar-refractivity contribution in [3.8, 4) is 0 Å². The van der Waals surface area contributed by atoms with Crippen molar-refractivity contribution in [1.82, 2.24) is 10.2 Å². The fraction of sp³-hybridized carbons (Fsp3) is 0.727. The fourth-order valence-electron chi connectivity index (χ4n) is 2.08. The Kier molecular flexibility index (Phi) is 2.69. The SMILES string of the molecule is COC1CC(N2C(=O)NC(=O)C(C)(C)C2=O)C1. The van der Waals surface area contributed by atoms with Gasteiger partial charge in [0.15, 0.2) is 0 Å². The van der Waals surface area contributed by atoms with E-state index in [2.05, 4.69) is 5.32 Å². The third-order valence-corrected chi connectivity index (χ3v) is 3.53. The van der Waals surface area contributed by atoms with Gasteiger partial charge in [0.1, 0.15) is 5.41 Å². The van der Waals surface area contributed by atoms with Gasteiger partial charge >= 0.3 is 6.03 Å². The molecule has 1 saturated carbocycles. The molecule has 1 aliphatic carbocycles. The van der Waals surface area contributed by atoms with Crippen LogP contribution in [0.25, 0.3) is 0 Å². The third kappa shape index (κ3) is 1.72. The third-order valence-electron chi connectivity index (χ3n) is 3.53. The highest BCUT2D eigenvalue weighted by Crippen LogP contribution is 2.33. The molecular formula is C11H16N2O4. The zero-order valence-electron chi connectivity index (χ0n) is 10.1. The topological polar surface area (TPSA) is 75.7 Å². The van der Waals surface area contributed by atoms with Crippen LogP contribution in [0.5, 0.6) is 0 Å². The van der Waals surface area contributed by atoms with Gasteiger partial charge in [-0.3, -0.25) is 19.8 Å². The van der Waals surface area contributed by atoms with Crippen LogP contribution < -0.4 is 5.32 Å². The molecule has 94 valence electrons. The van der Waals surface area contributed by atoms with Gasteiger partial charge in [0.2, 0.25) is 11.8 Å². The van der Waals surface area contributed by atoms with Crippen LogP contribution in [0.15, 0.2) is 0 Å². The molecule has 17 heavy (non-hydrogen) atoms. The van der Waals surface area contributed by atoms with Crippen molar-refractivity contribution in [1.29, 1.82) is 0 Å². The van der Waals surface area contributed by atoms with Crippen LogP contribution in [0, 0.1) is 5.41 Å². The second-order valence-electron chi connectivity index (χ2n) is 5.04. The van der Waals surface area contributed by atoms with Gasteiger partial charge in [-0.15, -0.1) is 0 Å². The molecule has 0 radical (unpaired) electrons. The summed E-state index contributed by atoms with van der Waals surface area (Å²) in [5.74, 6) is -0.961. The van der Waals surface area contributed by atoms with Crippen LogP contribution in [0.3, 0.4) is 0 Å². The van der Waals surface area contributed by atoms with E-state index in [1.807, 2.05) is 0 Å². The summed E-state index contributed by atoms with van der Waals surface area (Å²) in [6.07, 6.45) is 1.38. The molecule has 1 N–H and O–H groups in total. The predicted molar refractivity (Wildman–Crippen MR) is 58.0 cm³/mol. The highest BCUT2D eigenvalue weighted by atomic mass is 16.5. The average molecular weight is 240 g/mol. The largest absolute Gasteiger partial charge is 0.381 e. The molecule has 2 fully saturated rings. The van der Waals surface area contributed by atoms with Crippen LogP contribution in [-0.2, 0) is 14.3 Å². The van der Waals surface area contributed by atoms with Gasteiger partial charge in [0, 0.05) is 13.2 Å². The Morgan fingerprint density at radius 3 is 2.41 bits per heavy atom. The Hall–Kier alpha value is -1.43. The minimum Gasteiger partial charge on any atom is -0.381 e. The Morgan fingerprint density at radius 1 is 1.29 bits per heavy atom. The predicted octanol–water partition coefficient (Wildman–Crippen LogP) is 0.268. The van der Waals surface area contributed by atoms with Crippen molar-refractivity contribution in [3.05, 3.63) is 0 Å². The standard InChI is InChI=1S/C11H16N2O4/c1-11(2)8(14)12-10(16)13(9(11)15)6-4-7(5-6)17-3/h6-7H,4-5H2,1-3H3,(H,12,14,16). The first kappa shape index (κ1) is 12.0. The first-order valence-electron chi connectivity index (χ1n) is 5.59. The Balaban J connectivity index is 2.15. The number of rotatable bonds is 2. The van der Waals surface area contributed by atoms with Gasteiger partial charge < -0.3 is 4.74 Å². The molecule has 0 unspecified atom stereocenters. The summed E-state index contributed by atoms with van der Waals surface area (Å²) in [7, 11) is 1.60. The molecule has 0 spiro atoms. The number of amides is 4. The number of hydrogen-bond donors (Lipinski definition) is 1. The molecule has 0 aromatic heterocycles.